The van der Waals surface area contributed by atoms with Gasteiger partial charge in [-0.2, -0.15) is 0 Å². The van der Waals surface area contributed by atoms with Crippen LogP contribution in [0.15, 0.2) is 42.5 Å². The van der Waals surface area contributed by atoms with Crippen LogP contribution in [-0.4, -0.2) is 16.8 Å². The Labute approximate surface area is 143 Å². The Bertz CT molecular complexity index is 900. The molecule has 2 N–H and O–H groups in total. The summed E-state index contributed by atoms with van der Waals surface area (Å²) < 4.78 is 1.06. The Morgan fingerprint density at radius 3 is 2.54 bits per heavy atom. The Morgan fingerprint density at radius 1 is 1.08 bits per heavy atom. The number of hydrogen-bond acceptors (Lipinski definition) is 4. The first-order valence-electron chi connectivity index (χ1n) is 7.53. The first kappa shape index (κ1) is 16.1. The molecule has 3 rings (SSSR count). The normalized spacial score (nSPS) is 10.6. The molecule has 2 amide bonds. The smallest absolute Gasteiger partial charge is 0.230 e. The molecule has 2 aromatic carbocycles. The van der Waals surface area contributed by atoms with E-state index in [2.05, 4.69) is 21.7 Å². The van der Waals surface area contributed by atoms with Gasteiger partial charge in [0.25, 0.3) is 0 Å². The van der Waals surface area contributed by atoms with Gasteiger partial charge in [-0.25, -0.2) is 4.98 Å². The molecular formula is C18H17N3O2S. The molecule has 0 aliphatic rings. The summed E-state index contributed by atoms with van der Waals surface area (Å²) in [5, 5.41) is 6.15. The highest BCUT2D eigenvalue weighted by Gasteiger charge is 2.09. The van der Waals surface area contributed by atoms with Crippen molar-refractivity contribution in [2.24, 2.45) is 0 Å². The summed E-state index contributed by atoms with van der Waals surface area (Å²) in [6.07, 6.45) is 0.259. The van der Waals surface area contributed by atoms with Gasteiger partial charge in [0.2, 0.25) is 11.8 Å². The van der Waals surface area contributed by atoms with Gasteiger partial charge in [0, 0.05) is 12.6 Å². The third-order valence-electron chi connectivity index (χ3n) is 3.43. The molecule has 0 saturated heterocycles. The highest BCUT2D eigenvalue weighted by Crippen LogP contribution is 2.26. The lowest BCUT2D eigenvalue weighted by Crippen LogP contribution is -2.14. The molecule has 0 aliphatic carbocycles. The molecule has 5 nitrogen and oxygen atoms in total. The molecular weight excluding hydrogens is 322 g/mol. The zero-order valence-corrected chi connectivity index (χ0v) is 14.2. The predicted molar refractivity (Wildman–Crippen MR) is 97.4 cm³/mol. The molecule has 0 bridgehead atoms. The van der Waals surface area contributed by atoms with Crippen LogP contribution in [-0.2, 0) is 16.0 Å². The van der Waals surface area contributed by atoms with Crippen molar-refractivity contribution in [1.82, 2.24) is 4.98 Å². The van der Waals surface area contributed by atoms with Gasteiger partial charge in [-0.15, -0.1) is 0 Å². The molecule has 3 aromatic rings. The molecule has 0 saturated carbocycles. The van der Waals surface area contributed by atoms with E-state index in [0.29, 0.717) is 10.8 Å². The summed E-state index contributed by atoms with van der Waals surface area (Å²) in [5.41, 5.74) is 3.65. The van der Waals surface area contributed by atoms with E-state index < -0.39 is 0 Å². The van der Waals surface area contributed by atoms with Crippen LogP contribution in [0.4, 0.5) is 10.8 Å². The maximum absolute atomic E-state index is 12.2. The maximum Gasteiger partial charge on any atom is 0.230 e. The molecule has 0 aliphatic heterocycles. The van der Waals surface area contributed by atoms with Crippen LogP contribution in [0.5, 0.6) is 0 Å². The Kier molecular flexibility index (Phi) is 4.57. The minimum atomic E-state index is -0.119. The van der Waals surface area contributed by atoms with Crippen molar-refractivity contribution in [3.63, 3.8) is 0 Å². The number of fused-ring (bicyclic) bond motifs is 1. The molecule has 0 spiro atoms. The van der Waals surface area contributed by atoms with Crippen LogP contribution < -0.4 is 10.6 Å². The molecule has 0 unspecified atom stereocenters. The van der Waals surface area contributed by atoms with E-state index in [1.54, 1.807) is 12.1 Å². The van der Waals surface area contributed by atoms with Gasteiger partial charge in [-0.1, -0.05) is 29.5 Å². The quantitative estimate of drug-likeness (QED) is 0.760. The lowest BCUT2D eigenvalue weighted by Gasteiger charge is -2.04. The van der Waals surface area contributed by atoms with E-state index in [1.807, 2.05) is 31.2 Å². The summed E-state index contributed by atoms with van der Waals surface area (Å²) in [6, 6.07) is 13.2. The zero-order valence-electron chi connectivity index (χ0n) is 13.4. The Morgan fingerprint density at radius 2 is 1.83 bits per heavy atom. The molecule has 24 heavy (non-hydrogen) atoms. The fourth-order valence-corrected chi connectivity index (χ4v) is 3.32. The number of hydrogen-bond donors (Lipinski definition) is 2. The summed E-state index contributed by atoms with van der Waals surface area (Å²) >= 11 is 1.47. The molecule has 6 heteroatoms. The van der Waals surface area contributed by atoms with E-state index in [1.165, 1.54) is 23.8 Å². The average molecular weight is 339 g/mol. The summed E-state index contributed by atoms with van der Waals surface area (Å²) in [6.45, 7) is 3.49. The second-order valence-electron chi connectivity index (χ2n) is 5.59. The van der Waals surface area contributed by atoms with E-state index in [0.717, 1.165) is 15.8 Å². The third-order valence-corrected chi connectivity index (χ3v) is 4.36. The van der Waals surface area contributed by atoms with Gasteiger partial charge in [0.05, 0.1) is 16.6 Å². The highest BCUT2D eigenvalue weighted by molar-refractivity contribution is 7.22. The molecule has 122 valence electrons. The number of anilines is 2. The molecule has 1 aromatic heterocycles. The molecule has 0 fully saturated rings. The Hall–Kier alpha value is -2.73. The van der Waals surface area contributed by atoms with E-state index in [4.69, 9.17) is 0 Å². The maximum atomic E-state index is 12.2. The first-order valence-corrected chi connectivity index (χ1v) is 8.35. The van der Waals surface area contributed by atoms with E-state index in [9.17, 15) is 9.59 Å². The van der Waals surface area contributed by atoms with Crippen LogP contribution in [0.25, 0.3) is 10.2 Å². The van der Waals surface area contributed by atoms with Crippen molar-refractivity contribution < 1.29 is 9.59 Å². The number of amides is 2. The minimum absolute atomic E-state index is 0.113. The largest absolute Gasteiger partial charge is 0.326 e. The molecule has 0 radical (unpaired) electrons. The van der Waals surface area contributed by atoms with Gasteiger partial charge in [0.1, 0.15) is 0 Å². The lowest BCUT2D eigenvalue weighted by molar-refractivity contribution is -0.116. The van der Waals surface area contributed by atoms with Gasteiger partial charge in [0.15, 0.2) is 5.13 Å². The van der Waals surface area contributed by atoms with Crippen molar-refractivity contribution in [3.05, 3.63) is 53.6 Å². The van der Waals surface area contributed by atoms with Crippen molar-refractivity contribution in [1.29, 1.82) is 0 Å². The van der Waals surface area contributed by atoms with Crippen molar-refractivity contribution in [2.45, 2.75) is 20.3 Å². The van der Waals surface area contributed by atoms with Crippen LogP contribution in [0.3, 0.4) is 0 Å². The number of aromatic nitrogens is 1. The highest BCUT2D eigenvalue weighted by atomic mass is 32.1. The number of nitrogens with zero attached hydrogens (tertiary/aromatic N) is 1. The van der Waals surface area contributed by atoms with Gasteiger partial charge in [-0.3, -0.25) is 9.59 Å². The monoisotopic (exact) mass is 339 g/mol. The number of rotatable bonds is 4. The number of thiazole rings is 1. The fourth-order valence-electron chi connectivity index (χ4n) is 2.34. The number of nitrogens with one attached hydrogen (secondary N) is 2. The summed E-state index contributed by atoms with van der Waals surface area (Å²) in [7, 11) is 0. The minimum Gasteiger partial charge on any atom is -0.326 e. The summed E-state index contributed by atoms with van der Waals surface area (Å²) in [5.74, 6) is -0.232. The van der Waals surface area contributed by atoms with E-state index in [-0.39, 0.29) is 18.2 Å². The second kappa shape index (κ2) is 6.80. The lowest BCUT2D eigenvalue weighted by atomic mass is 10.1. The predicted octanol–water partition coefficient (Wildman–Crippen LogP) is 3.74. The van der Waals surface area contributed by atoms with Crippen molar-refractivity contribution >= 4 is 44.2 Å². The first-order chi connectivity index (χ1) is 11.5. The Balaban J connectivity index is 1.64. The summed E-state index contributed by atoms with van der Waals surface area (Å²) in [4.78, 5) is 27.6. The molecule has 1 heterocycles. The van der Waals surface area contributed by atoms with Crippen LogP contribution in [0.1, 0.15) is 18.1 Å². The van der Waals surface area contributed by atoms with E-state index >= 15 is 0 Å². The second-order valence-corrected chi connectivity index (χ2v) is 6.62. The van der Waals surface area contributed by atoms with Crippen LogP contribution >= 0.6 is 11.3 Å². The van der Waals surface area contributed by atoms with Crippen molar-refractivity contribution in [3.8, 4) is 0 Å². The van der Waals surface area contributed by atoms with Gasteiger partial charge >= 0.3 is 0 Å². The zero-order chi connectivity index (χ0) is 17.1. The van der Waals surface area contributed by atoms with Crippen LogP contribution in [0, 0.1) is 6.92 Å². The van der Waals surface area contributed by atoms with Gasteiger partial charge < -0.3 is 10.6 Å². The number of carbonyl (C=O) groups excluding carboxylic acids is 2. The average Bonchev–Trinajstić information content (AvgIpc) is 2.89. The topological polar surface area (TPSA) is 71.1 Å². The van der Waals surface area contributed by atoms with Gasteiger partial charge in [-0.05, 0) is 42.3 Å². The third kappa shape index (κ3) is 3.97. The fraction of sp³-hybridized carbons (Fsp3) is 0.167. The number of benzene rings is 2. The number of carbonyl (C=O) groups is 2. The van der Waals surface area contributed by atoms with Crippen LogP contribution in [0.2, 0.25) is 0 Å². The molecule has 0 atom stereocenters. The number of aryl methyl sites for hydroxylation is 1. The SMILES string of the molecule is CC(=O)Nc1ccc(CC(=O)Nc2nc3ccc(C)cc3s2)cc1. The van der Waals surface area contributed by atoms with Crippen molar-refractivity contribution in [2.75, 3.05) is 10.6 Å². The standard InChI is InChI=1S/C18H17N3O2S/c1-11-3-8-15-16(9-11)24-18(20-15)21-17(23)10-13-4-6-14(7-5-13)19-12(2)22/h3-9H,10H2,1-2H3,(H,19,22)(H,20,21,23).